The molecule has 1 N–H and O–H groups in total. The maximum atomic E-state index is 4.67. The van der Waals surface area contributed by atoms with Crippen LogP contribution in [0.15, 0.2) is 10.9 Å². The van der Waals surface area contributed by atoms with Crippen molar-refractivity contribution in [2.24, 2.45) is 0 Å². The Balaban J connectivity index is 2.04. The topological polar surface area (TPSA) is 51.0 Å². The van der Waals surface area contributed by atoms with E-state index in [9.17, 15) is 0 Å². The van der Waals surface area contributed by atoms with Crippen LogP contribution >= 0.6 is 0 Å². The van der Waals surface area contributed by atoms with E-state index in [-0.39, 0.29) is 0 Å². The Labute approximate surface area is 65.0 Å². The van der Waals surface area contributed by atoms with Crippen LogP contribution in [0, 0.1) is 0 Å². The first kappa shape index (κ1) is 6.79. The molecule has 2 heterocycles. The van der Waals surface area contributed by atoms with E-state index in [4.69, 9.17) is 0 Å². The van der Waals surface area contributed by atoms with Crippen molar-refractivity contribution in [3.63, 3.8) is 0 Å². The van der Waals surface area contributed by atoms with Gasteiger partial charge in [0.1, 0.15) is 0 Å². The van der Waals surface area contributed by atoms with Gasteiger partial charge in [-0.3, -0.25) is 0 Å². The Bertz CT molecular complexity index is 203. The average Bonchev–Trinajstić information content (AvgIpc) is 2.58. The maximum Gasteiger partial charge on any atom is 0.213 e. The first-order valence-corrected chi connectivity index (χ1v) is 3.96. The smallest absolute Gasteiger partial charge is 0.213 e. The van der Waals surface area contributed by atoms with Crippen LogP contribution < -0.4 is 5.32 Å². The number of hydrogen-bond acceptors (Lipinski definition) is 4. The summed E-state index contributed by atoms with van der Waals surface area (Å²) in [6.45, 7) is 1.07. The molecule has 1 aromatic rings. The predicted octanol–water partition coefficient (Wildman–Crippen LogP) is 0.884. The average molecular weight is 153 g/mol. The lowest BCUT2D eigenvalue weighted by Crippen LogP contribution is -2.27. The van der Waals surface area contributed by atoms with Crippen molar-refractivity contribution in [2.75, 3.05) is 6.54 Å². The largest absolute Gasteiger partial charge is 0.343 e. The molecule has 0 saturated carbocycles. The van der Waals surface area contributed by atoms with E-state index in [1.165, 1.54) is 19.2 Å². The fourth-order valence-electron chi connectivity index (χ4n) is 1.40. The van der Waals surface area contributed by atoms with Crippen LogP contribution in [0.1, 0.15) is 31.1 Å². The van der Waals surface area contributed by atoms with Gasteiger partial charge in [-0.1, -0.05) is 11.6 Å². The Morgan fingerprint density at radius 2 is 2.55 bits per heavy atom. The molecule has 1 aromatic heterocycles. The summed E-state index contributed by atoms with van der Waals surface area (Å²) in [5, 5.41) is 7.13. The Kier molecular flexibility index (Phi) is 1.85. The maximum absolute atomic E-state index is 4.67. The van der Waals surface area contributed by atoms with E-state index >= 15 is 0 Å². The summed E-state index contributed by atoms with van der Waals surface area (Å²) in [6, 6.07) is 0.322. The minimum Gasteiger partial charge on any atom is -0.343 e. The molecule has 0 spiro atoms. The van der Waals surface area contributed by atoms with Gasteiger partial charge in [0.2, 0.25) is 6.39 Å². The van der Waals surface area contributed by atoms with Crippen LogP contribution in [0.3, 0.4) is 0 Å². The fraction of sp³-hybridized carbons (Fsp3) is 0.714. The molecule has 4 heteroatoms. The minimum absolute atomic E-state index is 0.322. The first-order chi connectivity index (χ1) is 5.47. The fourth-order valence-corrected chi connectivity index (χ4v) is 1.40. The van der Waals surface area contributed by atoms with Gasteiger partial charge in [0.25, 0.3) is 0 Å². The van der Waals surface area contributed by atoms with E-state index < -0.39 is 0 Å². The third-order valence-corrected chi connectivity index (χ3v) is 2.00. The van der Waals surface area contributed by atoms with Crippen molar-refractivity contribution >= 4 is 0 Å². The number of hydrogen-bond donors (Lipinski definition) is 1. The first-order valence-electron chi connectivity index (χ1n) is 3.96. The van der Waals surface area contributed by atoms with Crippen molar-refractivity contribution in [1.82, 2.24) is 15.5 Å². The molecule has 1 atom stereocenters. The molecule has 0 aliphatic carbocycles. The van der Waals surface area contributed by atoms with Crippen LogP contribution in [-0.2, 0) is 0 Å². The molecule has 1 fully saturated rings. The van der Waals surface area contributed by atoms with Crippen LogP contribution in [-0.4, -0.2) is 16.7 Å². The standard InChI is InChI=1S/C7H11N3O/c1-2-4-8-6(3-1)7-9-5-11-10-7/h5-6,8H,1-4H2/t6-/m1/s1. The molecule has 2 rings (SSSR count). The van der Waals surface area contributed by atoms with Crippen molar-refractivity contribution in [3.05, 3.63) is 12.2 Å². The van der Waals surface area contributed by atoms with Gasteiger partial charge in [-0.05, 0) is 19.4 Å². The zero-order valence-electron chi connectivity index (χ0n) is 6.29. The summed E-state index contributed by atoms with van der Waals surface area (Å²) in [5.74, 6) is 0.796. The summed E-state index contributed by atoms with van der Waals surface area (Å²) in [6.07, 6.45) is 5.02. The van der Waals surface area contributed by atoms with Gasteiger partial charge >= 0.3 is 0 Å². The normalized spacial score (nSPS) is 25.3. The lowest BCUT2D eigenvalue weighted by Gasteiger charge is -2.19. The molecular weight excluding hydrogens is 142 g/mol. The zero-order chi connectivity index (χ0) is 7.52. The van der Waals surface area contributed by atoms with Crippen molar-refractivity contribution in [2.45, 2.75) is 25.3 Å². The molecule has 1 aliphatic heterocycles. The van der Waals surface area contributed by atoms with Gasteiger partial charge in [0.05, 0.1) is 6.04 Å². The van der Waals surface area contributed by atoms with Crippen LogP contribution in [0.4, 0.5) is 0 Å². The molecule has 1 aliphatic rings. The predicted molar refractivity (Wildman–Crippen MR) is 38.9 cm³/mol. The second-order valence-corrected chi connectivity index (χ2v) is 2.79. The molecule has 0 radical (unpaired) electrons. The van der Waals surface area contributed by atoms with Crippen molar-refractivity contribution < 1.29 is 4.52 Å². The van der Waals surface area contributed by atoms with Gasteiger partial charge in [-0.25, -0.2) is 0 Å². The summed E-state index contributed by atoms with van der Waals surface area (Å²) in [5.41, 5.74) is 0. The van der Waals surface area contributed by atoms with Crippen LogP contribution in [0.5, 0.6) is 0 Å². The minimum atomic E-state index is 0.322. The van der Waals surface area contributed by atoms with Gasteiger partial charge in [0.15, 0.2) is 5.82 Å². The van der Waals surface area contributed by atoms with E-state index in [0.29, 0.717) is 6.04 Å². The molecule has 60 valence electrons. The molecular formula is C7H11N3O. The number of piperidine rings is 1. The van der Waals surface area contributed by atoms with Gasteiger partial charge in [-0.2, -0.15) is 4.98 Å². The third kappa shape index (κ3) is 1.40. The summed E-state index contributed by atoms with van der Waals surface area (Å²) >= 11 is 0. The van der Waals surface area contributed by atoms with Gasteiger partial charge < -0.3 is 9.84 Å². The lowest BCUT2D eigenvalue weighted by atomic mass is 10.1. The Morgan fingerprint density at radius 3 is 3.18 bits per heavy atom. The molecule has 0 amide bonds. The molecule has 0 aromatic carbocycles. The highest BCUT2D eigenvalue weighted by Gasteiger charge is 2.17. The molecule has 4 nitrogen and oxygen atoms in total. The monoisotopic (exact) mass is 153 g/mol. The summed E-state index contributed by atoms with van der Waals surface area (Å²) in [7, 11) is 0. The Hall–Kier alpha value is -0.900. The van der Waals surface area contributed by atoms with E-state index in [1.807, 2.05) is 0 Å². The molecule has 0 unspecified atom stereocenters. The second-order valence-electron chi connectivity index (χ2n) is 2.79. The van der Waals surface area contributed by atoms with E-state index in [2.05, 4.69) is 20.0 Å². The Morgan fingerprint density at radius 1 is 1.55 bits per heavy atom. The molecule has 1 saturated heterocycles. The summed E-state index contributed by atoms with van der Waals surface area (Å²) < 4.78 is 4.67. The van der Waals surface area contributed by atoms with Gasteiger partial charge in [0, 0.05) is 0 Å². The van der Waals surface area contributed by atoms with Crippen LogP contribution in [0.25, 0.3) is 0 Å². The van der Waals surface area contributed by atoms with Crippen molar-refractivity contribution in [1.29, 1.82) is 0 Å². The summed E-state index contributed by atoms with van der Waals surface area (Å²) in [4.78, 5) is 4.00. The van der Waals surface area contributed by atoms with Crippen molar-refractivity contribution in [3.8, 4) is 0 Å². The zero-order valence-corrected chi connectivity index (χ0v) is 6.29. The lowest BCUT2D eigenvalue weighted by molar-refractivity contribution is 0.363. The molecule has 11 heavy (non-hydrogen) atoms. The third-order valence-electron chi connectivity index (χ3n) is 2.00. The number of rotatable bonds is 1. The van der Waals surface area contributed by atoms with E-state index in [1.54, 1.807) is 0 Å². The van der Waals surface area contributed by atoms with E-state index in [0.717, 1.165) is 18.8 Å². The number of nitrogens with one attached hydrogen (secondary N) is 1. The quantitative estimate of drug-likeness (QED) is 0.650. The highest BCUT2D eigenvalue weighted by molar-refractivity contribution is 4.91. The number of aromatic nitrogens is 2. The molecule has 0 bridgehead atoms. The number of nitrogens with zero attached hydrogens (tertiary/aromatic N) is 2. The highest BCUT2D eigenvalue weighted by atomic mass is 16.5. The van der Waals surface area contributed by atoms with Gasteiger partial charge in [-0.15, -0.1) is 0 Å². The second kappa shape index (κ2) is 3.00. The highest BCUT2D eigenvalue weighted by Crippen LogP contribution is 2.18. The van der Waals surface area contributed by atoms with Crippen LogP contribution in [0.2, 0.25) is 0 Å². The SMILES string of the molecule is c1nc([C@H]2CCCCN2)no1.